The van der Waals surface area contributed by atoms with Crippen LogP contribution in [0.25, 0.3) is 0 Å². The first-order valence-electron chi connectivity index (χ1n) is 4.02. The van der Waals surface area contributed by atoms with Crippen LogP contribution < -0.4 is 5.32 Å². The third kappa shape index (κ3) is 3.55. The highest BCUT2D eigenvalue weighted by molar-refractivity contribution is 6.30. The molecule has 1 aromatic carbocycles. The van der Waals surface area contributed by atoms with Crippen molar-refractivity contribution in [2.45, 2.75) is 13.0 Å². The van der Waals surface area contributed by atoms with Gasteiger partial charge in [-0.2, -0.15) is 0 Å². The molecule has 0 spiro atoms. The average molecular weight is 224 g/mol. The summed E-state index contributed by atoms with van der Waals surface area (Å²) in [5.41, 5.74) is 0.290. The molecule has 0 saturated heterocycles. The van der Waals surface area contributed by atoms with Gasteiger partial charge in [-0.05, 0) is 18.2 Å². The van der Waals surface area contributed by atoms with E-state index >= 15 is 0 Å². The maximum absolute atomic E-state index is 13.0. The molecule has 0 aliphatic rings. The van der Waals surface area contributed by atoms with E-state index in [2.05, 4.69) is 5.32 Å². The molecular weight excluding hydrogens is 215 g/mol. The number of alkyl halides is 2. The summed E-state index contributed by atoms with van der Waals surface area (Å²) in [6, 6.07) is 4.03. The number of hydrogen-bond donors (Lipinski definition) is 1. The minimum absolute atomic E-state index is 0.0523. The molecule has 1 N–H and O–H groups in total. The van der Waals surface area contributed by atoms with Crippen molar-refractivity contribution in [3.05, 3.63) is 34.6 Å². The Bertz CT molecular complexity index is 304. The fraction of sp³-hybridized carbons (Fsp3) is 0.333. The molecule has 0 bridgehead atoms. The second kappa shape index (κ2) is 5.22. The number of halogens is 4. The van der Waals surface area contributed by atoms with E-state index in [1.807, 2.05) is 0 Å². The molecule has 1 nitrogen and oxygen atoms in total. The van der Waals surface area contributed by atoms with E-state index in [1.165, 1.54) is 18.2 Å². The highest BCUT2D eigenvalue weighted by Crippen LogP contribution is 2.14. The molecule has 0 unspecified atom stereocenters. The van der Waals surface area contributed by atoms with Crippen molar-refractivity contribution in [3.63, 3.8) is 0 Å². The highest BCUT2D eigenvalue weighted by atomic mass is 35.5. The van der Waals surface area contributed by atoms with Crippen LogP contribution >= 0.6 is 11.6 Å². The second-order valence-corrected chi connectivity index (χ2v) is 3.19. The van der Waals surface area contributed by atoms with Crippen LogP contribution in [0.5, 0.6) is 0 Å². The summed E-state index contributed by atoms with van der Waals surface area (Å²) in [7, 11) is 0. The summed E-state index contributed by atoms with van der Waals surface area (Å²) in [5, 5.41) is 2.81. The standard InChI is InChI=1S/C9H9ClF3N/c10-7-1-2-8(11)6(3-7)4-14-5-9(12)13/h1-3,9,14H,4-5H2. The number of hydrogen-bond acceptors (Lipinski definition) is 1. The third-order valence-corrected chi connectivity index (χ3v) is 1.86. The fourth-order valence-electron chi connectivity index (χ4n) is 0.995. The molecule has 0 aliphatic heterocycles. The molecule has 14 heavy (non-hydrogen) atoms. The first-order valence-corrected chi connectivity index (χ1v) is 4.40. The first-order chi connectivity index (χ1) is 6.59. The Morgan fingerprint density at radius 2 is 2.07 bits per heavy atom. The van der Waals surface area contributed by atoms with Gasteiger partial charge in [-0.25, -0.2) is 13.2 Å². The zero-order valence-electron chi connectivity index (χ0n) is 7.24. The molecule has 0 fully saturated rings. The summed E-state index contributed by atoms with van der Waals surface area (Å²) in [6.07, 6.45) is -2.43. The maximum atomic E-state index is 13.0. The molecule has 0 atom stereocenters. The van der Waals surface area contributed by atoms with Crippen molar-refractivity contribution < 1.29 is 13.2 Å². The van der Waals surface area contributed by atoms with Crippen molar-refractivity contribution in [1.29, 1.82) is 0 Å². The van der Waals surface area contributed by atoms with Crippen molar-refractivity contribution in [3.8, 4) is 0 Å². The predicted octanol–water partition coefficient (Wildman–Crippen LogP) is 2.83. The lowest BCUT2D eigenvalue weighted by molar-refractivity contribution is 0.145. The van der Waals surface area contributed by atoms with Gasteiger partial charge in [0.05, 0.1) is 6.54 Å². The van der Waals surface area contributed by atoms with Crippen molar-refractivity contribution >= 4 is 11.6 Å². The molecule has 1 aromatic rings. The quantitative estimate of drug-likeness (QED) is 0.828. The van der Waals surface area contributed by atoms with E-state index in [-0.39, 0.29) is 12.1 Å². The monoisotopic (exact) mass is 223 g/mol. The van der Waals surface area contributed by atoms with E-state index < -0.39 is 18.8 Å². The first kappa shape index (κ1) is 11.3. The fourth-order valence-corrected chi connectivity index (χ4v) is 1.19. The minimum Gasteiger partial charge on any atom is -0.307 e. The summed E-state index contributed by atoms with van der Waals surface area (Å²) < 4.78 is 36.5. The van der Waals surface area contributed by atoms with Gasteiger partial charge in [-0.3, -0.25) is 0 Å². The summed E-state index contributed by atoms with van der Waals surface area (Å²) in [6.45, 7) is -0.400. The molecule has 78 valence electrons. The van der Waals surface area contributed by atoms with Gasteiger partial charge in [-0.15, -0.1) is 0 Å². The largest absolute Gasteiger partial charge is 0.307 e. The summed E-state index contributed by atoms with van der Waals surface area (Å²) in [5.74, 6) is -0.448. The Kier molecular flexibility index (Phi) is 4.22. The van der Waals surface area contributed by atoms with Gasteiger partial charge in [0, 0.05) is 17.1 Å². The van der Waals surface area contributed by atoms with E-state index in [4.69, 9.17) is 11.6 Å². The lowest BCUT2D eigenvalue weighted by Gasteiger charge is -2.05. The molecule has 1 rings (SSSR count). The predicted molar refractivity (Wildman–Crippen MR) is 49.1 cm³/mol. The molecule has 0 aromatic heterocycles. The molecule has 0 amide bonds. The van der Waals surface area contributed by atoms with Gasteiger partial charge < -0.3 is 5.32 Å². The molecule has 5 heteroatoms. The van der Waals surface area contributed by atoms with E-state index in [9.17, 15) is 13.2 Å². The molecule has 0 radical (unpaired) electrons. The van der Waals surface area contributed by atoms with Gasteiger partial charge in [0.15, 0.2) is 0 Å². The highest BCUT2D eigenvalue weighted by Gasteiger charge is 2.05. The number of rotatable bonds is 4. The Labute approximate surface area is 84.9 Å². The molecule has 0 aliphatic carbocycles. The van der Waals surface area contributed by atoms with Gasteiger partial charge in [0.25, 0.3) is 6.43 Å². The van der Waals surface area contributed by atoms with E-state index in [0.717, 1.165) is 0 Å². The second-order valence-electron chi connectivity index (χ2n) is 2.76. The Balaban J connectivity index is 2.53. The number of nitrogens with one attached hydrogen (secondary N) is 1. The lowest BCUT2D eigenvalue weighted by atomic mass is 10.2. The normalized spacial score (nSPS) is 10.9. The van der Waals surface area contributed by atoms with Crippen LogP contribution in [-0.4, -0.2) is 13.0 Å². The van der Waals surface area contributed by atoms with Gasteiger partial charge in [-0.1, -0.05) is 11.6 Å². The summed E-state index contributed by atoms with van der Waals surface area (Å²) in [4.78, 5) is 0. The van der Waals surface area contributed by atoms with E-state index in [1.54, 1.807) is 0 Å². The van der Waals surface area contributed by atoms with Crippen molar-refractivity contribution in [1.82, 2.24) is 5.32 Å². The summed E-state index contributed by atoms with van der Waals surface area (Å²) >= 11 is 5.62. The molecule has 0 saturated carbocycles. The number of benzene rings is 1. The molecular formula is C9H9ClF3N. The third-order valence-electron chi connectivity index (χ3n) is 1.62. The Morgan fingerprint density at radius 1 is 1.36 bits per heavy atom. The van der Waals surface area contributed by atoms with Crippen LogP contribution in [0.3, 0.4) is 0 Å². The van der Waals surface area contributed by atoms with Gasteiger partial charge in [0.1, 0.15) is 5.82 Å². The smallest absolute Gasteiger partial charge is 0.250 e. The lowest BCUT2D eigenvalue weighted by Crippen LogP contribution is -2.21. The zero-order chi connectivity index (χ0) is 10.6. The van der Waals surface area contributed by atoms with Crippen LogP contribution in [0.15, 0.2) is 18.2 Å². The topological polar surface area (TPSA) is 12.0 Å². The maximum Gasteiger partial charge on any atom is 0.250 e. The van der Waals surface area contributed by atoms with Crippen LogP contribution in [0.2, 0.25) is 5.02 Å². The van der Waals surface area contributed by atoms with Crippen LogP contribution in [0.4, 0.5) is 13.2 Å². The van der Waals surface area contributed by atoms with Crippen LogP contribution in [0, 0.1) is 5.82 Å². The van der Waals surface area contributed by atoms with Gasteiger partial charge >= 0.3 is 0 Å². The minimum atomic E-state index is -2.43. The SMILES string of the molecule is Fc1ccc(Cl)cc1CNCC(F)F. The Morgan fingerprint density at radius 3 is 2.71 bits per heavy atom. The zero-order valence-corrected chi connectivity index (χ0v) is 7.99. The average Bonchev–Trinajstić information content (AvgIpc) is 2.10. The van der Waals surface area contributed by atoms with Crippen LogP contribution in [0.1, 0.15) is 5.56 Å². The Hall–Kier alpha value is -0.740. The molecule has 0 heterocycles. The van der Waals surface area contributed by atoms with Crippen LogP contribution in [-0.2, 0) is 6.54 Å². The van der Waals surface area contributed by atoms with Crippen molar-refractivity contribution in [2.24, 2.45) is 0 Å². The van der Waals surface area contributed by atoms with Crippen molar-refractivity contribution in [2.75, 3.05) is 6.54 Å². The van der Waals surface area contributed by atoms with E-state index in [0.29, 0.717) is 5.02 Å². The van der Waals surface area contributed by atoms with Gasteiger partial charge in [0.2, 0.25) is 0 Å².